The van der Waals surface area contributed by atoms with Gasteiger partial charge in [0.05, 0.1) is 6.61 Å². The number of nitrogens with one attached hydrogen (secondary N) is 2. The fraction of sp³-hybridized carbons (Fsp3) is 0.235. The first-order chi connectivity index (χ1) is 10.8. The third-order valence-corrected chi connectivity index (χ3v) is 3.11. The van der Waals surface area contributed by atoms with E-state index in [9.17, 15) is 4.79 Å². The van der Waals surface area contributed by atoms with E-state index in [1.54, 1.807) is 12.1 Å². The normalized spacial score (nSPS) is 9.54. The maximum atomic E-state index is 11.7. The Bertz CT molecular complexity index is 580. The quantitative estimate of drug-likeness (QED) is 0.492. The van der Waals surface area contributed by atoms with E-state index in [-0.39, 0.29) is 30.7 Å². The van der Waals surface area contributed by atoms with Crippen molar-refractivity contribution >= 4 is 30.7 Å². The molecule has 0 spiro atoms. The fourth-order valence-corrected chi connectivity index (χ4v) is 1.90. The van der Waals surface area contributed by atoms with E-state index in [1.807, 2.05) is 42.5 Å². The monoisotopic (exact) mass is 371 g/mol. The third kappa shape index (κ3) is 7.77. The molecule has 7 heteroatoms. The van der Waals surface area contributed by atoms with Gasteiger partial charge in [0.15, 0.2) is 0 Å². The summed E-state index contributed by atoms with van der Waals surface area (Å²) in [7, 11) is 0. The predicted molar refractivity (Wildman–Crippen MR) is 100 cm³/mol. The highest BCUT2D eigenvalue weighted by Gasteiger charge is 2.04. The number of benzene rings is 2. The third-order valence-electron chi connectivity index (χ3n) is 3.11. The second-order valence-electron chi connectivity index (χ2n) is 4.84. The van der Waals surface area contributed by atoms with Crippen molar-refractivity contribution in [2.24, 2.45) is 5.73 Å². The lowest BCUT2D eigenvalue weighted by Crippen LogP contribution is -2.28. The van der Waals surface area contributed by atoms with Crippen LogP contribution in [0.25, 0.3) is 0 Å². The lowest BCUT2D eigenvalue weighted by molar-refractivity contribution is 0.0235. The van der Waals surface area contributed by atoms with Crippen molar-refractivity contribution in [3.63, 3.8) is 0 Å². The van der Waals surface area contributed by atoms with Crippen molar-refractivity contribution in [2.75, 3.05) is 13.1 Å². The minimum atomic E-state index is -0.111. The highest BCUT2D eigenvalue weighted by atomic mass is 35.5. The average molecular weight is 372 g/mol. The number of halogens is 2. The molecular weight excluding hydrogens is 349 g/mol. The summed E-state index contributed by atoms with van der Waals surface area (Å²) in [5, 5.41) is 2.73. The summed E-state index contributed by atoms with van der Waals surface area (Å²) in [6, 6.07) is 17.3. The van der Waals surface area contributed by atoms with E-state index >= 15 is 0 Å². The zero-order valence-corrected chi connectivity index (χ0v) is 14.9. The summed E-state index contributed by atoms with van der Waals surface area (Å²) >= 11 is 0. The molecule has 24 heavy (non-hydrogen) atoms. The lowest BCUT2D eigenvalue weighted by Gasteiger charge is -2.07. The molecule has 0 radical (unpaired) electrons. The van der Waals surface area contributed by atoms with Gasteiger partial charge in [0.1, 0.15) is 0 Å². The maximum Gasteiger partial charge on any atom is 0.251 e. The van der Waals surface area contributed by atoms with Crippen LogP contribution in [0.5, 0.6) is 0 Å². The smallest absolute Gasteiger partial charge is 0.251 e. The van der Waals surface area contributed by atoms with Crippen molar-refractivity contribution in [2.45, 2.75) is 13.2 Å². The van der Waals surface area contributed by atoms with Gasteiger partial charge in [0.25, 0.3) is 5.91 Å². The Kier molecular flexibility index (Phi) is 11.9. The summed E-state index contributed by atoms with van der Waals surface area (Å²) in [6.45, 7) is 2.01. The largest absolute Gasteiger partial charge is 0.351 e. The molecule has 0 heterocycles. The zero-order valence-electron chi connectivity index (χ0n) is 13.2. The standard InChI is InChI=1S/C17H21N3O2.2ClH/c18-10-11-19-17(21)16-8-6-15(7-9-16)13-22-20-12-14-4-2-1-3-5-14;;/h1-9,20H,10-13,18H2,(H,19,21);2*1H. The van der Waals surface area contributed by atoms with Crippen molar-refractivity contribution in [3.8, 4) is 0 Å². The molecule has 0 aliphatic heterocycles. The van der Waals surface area contributed by atoms with E-state index in [1.165, 1.54) is 0 Å². The Morgan fingerprint density at radius 2 is 1.62 bits per heavy atom. The molecule has 0 aliphatic carbocycles. The first-order valence-corrected chi connectivity index (χ1v) is 7.25. The number of carbonyl (C=O) groups excluding carboxylic acids is 1. The van der Waals surface area contributed by atoms with Crippen LogP contribution in [0.1, 0.15) is 21.5 Å². The summed E-state index contributed by atoms with van der Waals surface area (Å²) in [6.07, 6.45) is 0. The molecule has 2 aromatic carbocycles. The van der Waals surface area contributed by atoms with Crippen molar-refractivity contribution < 1.29 is 9.63 Å². The molecule has 5 nitrogen and oxygen atoms in total. The Morgan fingerprint density at radius 3 is 2.25 bits per heavy atom. The molecule has 0 unspecified atom stereocenters. The molecule has 2 aromatic rings. The minimum Gasteiger partial charge on any atom is -0.351 e. The first-order valence-electron chi connectivity index (χ1n) is 7.25. The number of rotatable bonds is 8. The van der Waals surface area contributed by atoms with Gasteiger partial charge in [0.2, 0.25) is 0 Å². The molecule has 132 valence electrons. The summed E-state index contributed by atoms with van der Waals surface area (Å²) < 4.78 is 0. The van der Waals surface area contributed by atoms with Crippen molar-refractivity contribution in [3.05, 3.63) is 71.3 Å². The Hall–Kier alpha value is -1.63. The van der Waals surface area contributed by atoms with E-state index in [0.717, 1.165) is 11.1 Å². The number of hydrogen-bond acceptors (Lipinski definition) is 4. The minimum absolute atomic E-state index is 0. The van der Waals surface area contributed by atoms with E-state index in [4.69, 9.17) is 10.6 Å². The van der Waals surface area contributed by atoms with Crippen LogP contribution in [0, 0.1) is 0 Å². The summed E-state index contributed by atoms with van der Waals surface area (Å²) in [5.74, 6) is -0.111. The predicted octanol–water partition coefficient (Wildman–Crippen LogP) is 2.44. The van der Waals surface area contributed by atoms with Crippen molar-refractivity contribution in [1.82, 2.24) is 10.8 Å². The summed E-state index contributed by atoms with van der Waals surface area (Å²) in [5.41, 5.74) is 11.1. The van der Waals surface area contributed by atoms with Gasteiger partial charge in [-0.25, -0.2) is 0 Å². The topological polar surface area (TPSA) is 76.4 Å². The Morgan fingerprint density at radius 1 is 0.958 bits per heavy atom. The fourth-order valence-electron chi connectivity index (χ4n) is 1.90. The van der Waals surface area contributed by atoms with Crippen LogP contribution < -0.4 is 16.5 Å². The van der Waals surface area contributed by atoms with Crippen LogP contribution in [-0.2, 0) is 18.0 Å². The van der Waals surface area contributed by atoms with Crippen LogP contribution in [0.4, 0.5) is 0 Å². The van der Waals surface area contributed by atoms with Gasteiger partial charge in [-0.15, -0.1) is 24.8 Å². The SMILES string of the molecule is Cl.Cl.NCCNC(=O)c1ccc(CONCc2ccccc2)cc1. The van der Waals surface area contributed by atoms with Crippen molar-refractivity contribution in [1.29, 1.82) is 0 Å². The highest BCUT2D eigenvalue weighted by Crippen LogP contribution is 2.06. The van der Waals surface area contributed by atoms with Gasteiger partial charge in [0, 0.05) is 25.2 Å². The number of carbonyl (C=O) groups is 1. The molecule has 1 amide bonds. The number of amides is 1. The Balaban J connectivity index is 0.00000264. The molecule has 0 saturated heterocycles. The first kappa shape index (κ1) is 22.4. The second-order valence-corrected chi connectivity index (χ2v) is 4.84. The van der Waals surface area contributed by atoms with Gasteiger partial charge >= 0.3 is 0 Å². The van der Waals surface area contributed by atoms with Crippen LogP contribution in [0.3, 0.4) is 0 Å². The number of hydroxylamine groups is 1. The lowest BCUT2D eigenvalue weighted by atomic mass is 10.1. The molecule has 0 aromatic heterocycles. The van der Waals surface area contributed by atoms with Gasteiger partial charge < -0.3 is 11.1 Å². The van der Waals surface area contributed by atoms with Gasteiger partial charge in [-0.05, 0) is 23.3 Å². The van der Waals surface area contributed by atoms with Gasteiger partial charge in [-0.3, -0.25) is 9.63 Å². The average Bonchev–Trinajstić information content (AvgIpc) is 2.58. The molecular formula is C17H23Cl2N3O2. The van der Waals surface area contributed by atoms with E-state index in [0.29, 0.717) is 31.8 Å². The molecule has 0 aliphatic rings. The van der Waals surface area contributed by atoms with E-state index in [2.05, 4.69) is 10.8 Å². The molecule has 4 N–H and O–H groups in total. The molecule has 0 atom stereocenters. The van der Waals surface area contributed by atoms with Crippen LogP contribution in [-0.4, -0.2) is 19.0 Å². The van der Waals surface area contributed by atoms with E-state index < -0.39 is 0 Å². The molecule has 0 bridgehead atoms. The zero-order chi connectivity index (χ0) is 15.6. The molecule has 0 fully saturated rings. The summed E-state index contributed by atoms with van der Waals surface area (Å²) in [4.78, 5) is 17.1. The van der Waals surface area contributed by atoms with Crippen LogP contribution >= 0.6 is 24.8 Å². The highest BCUT2D eigenvalue weighted by molar-refractivity contribution is 5.94. The maximum absolute atomic E-state index is 11.7. The van der Waals surface area contributed by atoms with Crippen LogP contribution in [0.15, 0.2) is 54.6 Å². The van der Waals surface area contributed by atoms with Gasteiger partial charge in [-0.1, -0.05) is 42.5 Å². The number of nitrogens with two attached hydrogens (primary N) is 1. The second kappa shape index (κ2) is 12.8. The number of hydrogen-bond donors (Lipinski definition) is 3. The van der Waals surface area contributed by atoms with Gasteiger partial charge in [-0.2, -0.15) is 5.48 Å². The van der Waals surface area contributed by atoms with Crippen LogP contribution in [0.2, 0.25) is 0 Å². The molecule has 2 rings (SSSR count). The molecule has 0 saturated carbocycles. The Labute approximate surface area is 154 Å².